The smallest absolute Gasteiger partial charge is 0.305 e. The molecule has 0 aliphatic rings. The zero-order valence-corrected chi connectivity index (χ0v) is 49.8. The molecule has 0 aromatic heterocycles. The molecule has 0 saturated heterocycles. The van der Waals surface area contributed by atoms with Gasteiger partial charge in [0.1, 0.15) is 0 Å². The highest BCUT2D eigenvalue weighted by Gasteiger charge is 2.18. The van der Waals surface area contributed by atoms with Gasteiger partial charge in [0.05, 0.1) is 25.4 Å². The third-order valence-corrected chi connectivity index (χ3v) is 15.4. The van der Waals surface area contributed by atoms with Gasteiger partial charge in [-0.25, -0.2) is 0 Å². The minimum atomic E-state index is -0.840. The lowest BCUT2D eigenvalue weighted by molar-refractivity contribution is -0.143. The fourth-order valence-corrected chi connectivity index (χ4v) is 10.3. The van der Waals surface area contributed by atoms with E-state index in [2.05, 4.69) is 43.5 Å². The number of hydrogen-bond donors (Lipinski definition) is 3. The van der Waals surface area contributed by atoms with Crippen molar-refractivity contribution in [2.24, 2.45) is 0 Å². The maximum Gasteiger partial charge on any atom is 0.305 e. The highest BCUT2D eigenvalue weighted by atomic mass is 16.5. The second kappa shape index (κ2) is 63.6. The van der Waals surface area contributed by atoms with E-state index in [0.717, 1.165) is 51.4 Å². The Morgan fingerprint density at radius 2 is 0.703 bits per heavy atom. The molecule has 6 nitrogen and oxygen atoms in total. The molecule has 0 aromatic carbocycles. The minimum absolute atomic E-state index is 0.00498. The maximum atomic E-state index is 12.5. The van der Waals surface area contributed by atoms with Gasteiger partial charge in [-0.1, -0.05) is 326 Å². The van der Waals surface area contributed by atoms with Crippen LogP contribution in [0.4, 0.5) is 0 Å². The van der Waals surface area contributed by atoms with Crippen molar-refractivity contribution in [3.8, 4) is 0 Å². The number of ether oxygens (including phenoxy) is 1. The summed E-state index contributed by atoms with van der Waals surface area (Å²) in [7, 11) is 0. The number of esters is 1. The lowest BCUT2D eigenvalue weighted by Gasteiger charge is -2.20. The predicted molar refractivity (Wildman–Crippen MR) is 324 cm³/mol. The zero-order valence-electron chi connectivity index (χ0n) is 49.8. The average molecular weight is 1040 g/mol. The van der Waals surface area contributed by atoms with Crippen LogP contribution in [0.5, 0.6) is 0 Å². The molecule has 0 heterocycles. The van der Waals surface area contributed by atoms with Gasteiger partial charge in [0.15, 0.2) is 0 Å². The largest absolute Gasteiger partial charge is 0.466 e. The molecule has 0 aliphatic carbocycles. The van der Waals surface area contributed by atoms with Crippen LogP contribution in [0.25, 0.3) is 0 Å². The van der Waals surface area contributed by atoms with E-state index in [1.165, 1.54) is 283 Å². The van der Waals surface area contributed by atoms with E-state index >= 15 is 0 Å². The molecule has 2 atom stereocenters. The fraction of sp³-hybridized carbons (Fsp3) is 0.882. The Bertz CT molecular complexity index is 1200. The lowest BCUT2D eigenvalue weighted by Crippen LogP contribution is -2.45. The van der Waals surface area contributed by atoms with Crippen LogP contribution in [-0.4, -0.2) is 47.4 Å². The standard InChI is InChI=1S/C68H129NO5/c1-3-5-7-9-11-13-15-36-40-44-48-52-56-60-66(71)65(64-70)69-67(72)61-57-53-49-45-41-38-34-32-30-28-26-24-22-20-18-17-19-21-23-25-27-29-31-33-35-39-43-47-51-55-59-63-74-68(73)62-58-54-50-46-42-37-16-14-12-10-8-6-4-2/h8,10,14,16,56,60,65-66,70-71H,3-7,9,11-13,15,17-55,57-59,61-64H2,1-2H3,(H,69,72)/b10-8-,16-14-,60-56+. The molecule has 6 heteroatoms. The number of unbranched alkanes of at least 4 members (excludes halogenated alkanes) is 47. The molecule has 0 aliphatic heterocycles. The Labute approximate surface area is 462 Å². The molecule has 0 fully saturated rings. The van der Waals surface area contributed by atoms with Crippen LogP contribution in [-0.2, 0) is 14.3 Å². The van der Waals surface area contributed by atoms with Crippen molar-refractivity contribution >= 4 is 11.9 Å². The summed E-state index contributed by atoms with van der Waals surface area (Å²) in [6.45, 7) is 4.85. The number of nitrogens with one attached hydrogen (secondary N) is 1. The van der Waals surface area contributed by atoms with Crippen LogP contribution in [0.3, 0.4) is 0 Å². The van der Waals surface area contributed by atoms with Gasteiger partial charge in [-0.15, -0.1) is 0 Å². The summed E-state index contributed by atoms with van der Waals surface area (Å²) in [6.07, 6.45) is 80.8. The topological polar surface area (TPSA) is 95.9 Å². The second-order valence-electron chi connectivity index (χ2n) is 22.8. The molecule has 0 saturated carbocycles. The Kier molecular flexibility index (Phi) is 62.0. The van der Waals surface area contributed by atoms with Crippen molar-refractivity contribution in [3.05, 3.63) is 36.5 Å². The van der Waals surface area contributed by atoms with E-state index in [1.807, 2.05) is 6.08 Å². The summed E-state index contributed by atoms with van der Waals surface area (Å²) >= 11 is 0. The number of aliphatic hydroxyl groups excluding tert-OH is 2. The summed E-state index contributed by atoms with van der Waals surface area (Å²) in [5.74, 6) is -0.0579. The van der Waals surface area contributed by atoms with E-state index in [0.29, 0.717) is 19.4 Å². The highest BCUT2D eigenvalue weighted by molar-refractivity contribution is 5.76. The molecular formula is C68H129NO5. The quantitative estimate of drug-likeness (QED) is 0.0320. The van der Waals surface area contributed by atoms with E-state index in [4.69, 9.17) is 4.74 Å². The second-order valence-corrected chi connectivity index (χ2v) is 22.8. The third-order valence-electron chi connectivity index (χ3n) is 15.4. The number of rotatable bonds is 62. The summed E-state index contributed by atoms with van der Waals surface area (Å²) < 4.78 is 5.48. The van der Waals surface area contributed by atoms with E-state index in [9.17, 15) is 19.8 Å². The van der Waals surface area contributed by atoms with E-state index in [-0.39, 0.29) is 18.5 Å². The van der Waals surface area contributed by atoms with Crippen molar-refractivity contribution < 1.29 is 24.5 Å². The molecule has 3 N–H and O–H groups in total. The van der Waals surface area contributed by atoms with Gasteiger partial charge >= 0.3 is 5.97 Å². The van der Waals surface area contributed by atoms with Gasteiger partial charge in [0.2, 0.25) is 5.91 Å². The summed E-state index contributed by atoms with van der Waals surface area (Å²) in [5.41, 5.74) is 0. The Morgan fingerprint density at radius 3 is 1.08 bits per heavy atom. The normalized spacial score (nSPS) is 12.8. The first-order valence-corrected chi connectivity index (χ1v) is 33.3. The Morgan fingerprint density at radius 1 is 0.378 bits per heavy atom. The number of aliphatic hydroxyl groups is 2. The number of carbonyl (C=O) groups excluding carboxylic acids is 2. The Hall–Kier alpha value is -1.92. The Balaban J connectivity index is 3.33. The molecule has 1 amide bonds. The van der Waals surface area contributed by atoms with E-state index < -0.39 is 12.1 Å². The van der Waals surface area contributed by atoms with Crippen molar-refractivity contribution in [3.63, 3.8) is 0 Å². The molecule has 2 unspecified atom stereocenters. The van der Waals surface area contributed by atoms with Crippen molar-refractivity contribution in [2.75, 3.05) is 13.2 Å². The highest BCUT2D eigenvalue weighted by Crippen LogP contribution is 2.18. The number of allylic oxidation sites excluding steroid dienone is 5. The number of hydrogen-bond acceptors (Lipinski definition) is 5. The molecular weight excluding hydrogens is 911 g/mol. The van der Waals surface area contributed by atoms with E-state index in [1.54, 1.807) is 6.08 Å². The predicted octanol–water partition coefficient (Wildman–Crippen LogP) is 21.1. The first-order chi connectivity index (χ1) is 36.5. The minimum Gasteiger partial charge on any atom is -0.466 e. The molecule has 0 aromatic rings. The van der Waals surface area contributed by atoms with Crippen LogP contribution in [0, 0.1) is 0 Å². The van der Waals surface area contributed by atoms with Crippen molar-refractivity contribution in [1.82, 2.24) is 5.32 Å². The monoisotopic (exact) mass is 1040 g/mol. The maximum absolute atomic E-state index is 12.5. The van der Waals surface area contributed by atoms with Gasteiger partial charge in [-0.2, -0.15) is 0 Å². The van der Waals surface area contributed by atoms with Crippen LogP contribution in [0.15, 0.2) is 36.5 Å². The van der Waals surface area contributed by atoms with Gasteiger partial charge in [0, 0.05) is 12.8 Å². The SMILES string of the molecule is CCC/C=C\C/C=C\CCCCCCCC(=O)OCCCCCCCCCCCCCCCCCCCCCCCCCCCCCCCCCC(=O)NC(CO)C(O)/C=C/CCCCCCCCCCCCC. The molecule has 74 heavy (non-hydrogen) atoms. The summed E-state index contributed by atoms with van der Waals surface area (Å²) in [4.78, 5) is 24.5. The number of carbonyl (C=O) groups is 2. The van der Waals surface area contributed by atoms with Gasteiger partial charge in [-0.05, 0) is 57.8 Å². The first kappa shape index (κ1) is 72.1. The summed E-state index contributed by atoms with van der Waals surface area (Å²) in [5, 5.41) is 23.1. The number of amides is 1. The molecule has 0 rings (SSSR count). The van der Waals surface area contributed by atoms with Crippen LogP contribution >= 0.6 is 0 Å². The van der Waals surface area contributed by atoms with Crippen molar-refractivity contribution in [1.29, 1.82) is 0 Å². The fourth-order valence-electron chi connectivity index (χ4n) is 10.3. The van der Waals surface area contributed by atoms with Gasteiger partial charge < -0.3 is 20.3 Å². The molecule has 0 radical (unpaired) electrons. The third kappa shape index (κ3) is 59.3. The first-order valence-electron chi connectivity index (χ1n) is 33.3. The molecule has 0 spiro atoms. The lowest BCUT2D eigenvalue weighted by atomic mass is 10.0. The zero-order chi connectivity index (χ0) is 53.6. The average Bonchev–Trinajstić information content (AvgIpc) is 3.40. The summed E-state index contributed by atoms with van der Waals surface area (Å²) in [6, 6.07) is -0.624. The van der Waals surface area contributed by atoms with Gasteiger partial charge in [-0.3, -0.25) is 9.59 Å². The van der Waals surface area contributed by atoms with Crippen LogP contribution < -0.4 is 5.32 Å². The molecule has 436 valence electrons. The van der Waals surface area contributed by atoms with Crippen molar-refractivity contribution in [2.45, 2.75) is 373 Å². The van der Waals surface area contributed by atoms with Crippen LogP contribution in [0.1, 0.15) is 361 Å². The molecule has 0 bridgehead atoms. The van der Waals surface area contributed by atoms with Gasteiger partial charge in [0.25, 0.3) is 0 Å². The van der Waals surface area contributed by atoms with Crippen LogP contribution in [0.2, 0.25) is 0 Å².